The molecular formula is C10H17N2. The minimum absolute atomic E-state index is 0.601. The minimum atomic E-state index is 0.601. The van der Waals surface area contributed by atoms with Crippen LogP contribution in [-0.4, -0.2) is 25.2 Å². The Morgan fingerprint density at radius 1 is 1.25 bits per heavy atom. The normalized spacial score (nSPS) is 36.7. The number of hydrogen-bond donors (Lipinski definition) is 1. The lowest BCUT2D eigenvalue weighted by molar-refractivity contribution is 0.307. The molecule has 2 heterocycles. The van der Waals surface area contributed by atoms with E-state index in [9.17, 15) is 0 Å². The SMILES string of the molecule is C1=CCC(C2CCCC[N]2)NC1. The highest BCUT2D eigenvalue weighted by atomic mass is 15.0. The van der Waals surface area contributed by atoms with E-state index in [4.69, 9.17) is 0 Å². The molecule has 0 aromatic heterocycles. The second-order valence-corrected chi connectivity index (χ2v) is 3.69. The molecule has 2 atom stereocenters. The first kappa shape index (κ1) is 8.27. The van der Waals surface area contributed by atoms with Crippen LogP contribution >= 0.6 is 0 Å². The summed E-state index contributed by atoms with van der Waals surface area (Å²) in [5.74, 6) is 0. The van der Waals surface area contributed by atoms with Gasteiger partial charge < -0.3 is 5.32 Å². The van der Waals surface area contributed by atoms with Gasteiger partial charge in [-0.2, -0.15) is 0 Å². The van der Waals surface area contributed by atoms with Crippen LogP contribution in [0.5, 0.6) is 0 Å². The first-order chi connectivity index (χ1) is 5.97. The molecule has 2 aliphatic heterocycles. The van der Waals surface area contributed by atoms with Crippen LogP contribution in [0, 0.1) is 0 Å². The Kier molecular flexibility index (Phi) is 2.79. The third-order valence-corrected chi connectivity index (χ3v) is 2.79. The summed E-state index contributed by atoms with van der Waals surface area (Å²) in [7, 11) is 0. The lowest BCUT2D eigenvalue weighted by atomic mass is 9.94. The van der Waals surface area contributed by atoms with Gasteiger partial charge >= 0.3 is 0 Å². The van der Waals surface area contributed by atoms with E-state index in [1.165, 1.54) is 25.7 Å². The maximum absolute atomic E-state index is 4.66. The fourth-order valence-electron chi connectivity index (χ4n) is 2.06. The summed E-state index contributed by atoms with van der Waals surface area (Å²) < 4.78 is 0. The van der Waals surface area contributed by atoms with Gasteiger partial charge in [-0.25, -0.2) is 5.32 Å². The van der Waals surface area contributed by atoms with Crippen LogP contribution in [0.15, 0.2) is 12.2 Å². The third kappa shape index (κ3) is 1.87. The molecule has 0 bridgehead atoms. The van der Waals surface area contributed by atoms with E-state index in [0.29, 0.717) is 12.1 Å². The van der Waals surface area contributed by atoms with Gasteiger partial charge in [-0.3, -0.25) is 0 Å². The molecule has 2 rings (SSSR count). The van der Waals surface area contributed by atoms with Crippen LogP contribution < -0.4 is 10.6 Å². The molecule has 12 heavy (non-hydrogen) atoms. The Balaban J connectivity index is 1.85. The summed E-state index contributed by atoms with van der Waals surface area (Å²) >= 11 is 0. The highest BCUT2D eigenvalue weighted by molar-refractivity contribution is 4.98. The summed E-state index contributed by atoms with van der Waals surface area (Å²) in [4.78, 5) is 0. The highest BCUT2D eigenvalue weighted by Crippen LogP contribution is 2.15. The first-order valence-corrected chi connectivity index (χ1v) is 5.02. The molecule has 1 fully saturated rings. The average Bonchev–Trinajstić information content (AvgIpc) is 2.21. The molecule has 0 aromatic carbocycles. The van der Waals surface area contributed by atoms with Crippen molar-refractivity contribution in [3.05, 3.63) is 12.2 Å². The molecule has 2 unspecified atom stereocenters. The van der Waals surface area contributed by atoms with Gasteiger partial charge in [0.25, 0.3) is 0 Å². The van der Waals surface area contributed by atoms with E-state index in [0.717, 1.165) is 13.1 Å². The van der Waals surface area contributed by atoms with Gasteiger partial charge in [-0.15, -0.1) is 0 Å². The van der Waals surface area contributed by atoms with E-state index in [1.54, 1.807) is 0 Å². The van der Waals surface area contributed by atoms with Crippen LogP contribution in [0.4, 0.5) is 0 Å². The maximum atomic E-state index is 4.66. The molecule has 2 nitrogen and oxygen atoms in total. The van der Waals surface area contributed by atoms with Crippen molar-refractivity contribution >= 4 is 0 Å². The second kappa shape index (κ2) is 4.06. The Bertz CT molecular complexity index is 159. The van der Waals surface area contributed by atoms with Gasteiger partial charge in [0.2, 0.25) is 0 Å². The minimum Gasteiger partial charge on any atom is -0.309 e. The molecule has 2 heteroatoms. The van der Waals surface area contributed by atoms with Crippen molar-refractivity contribution in [1.29, 1.82) is 0 Å². The van der Waals surface area contributed by atoms with E-state index < -0.39 is 0 Å². The fourth-order valence-corrected chi connectivity index (χ4v) is 2.06. The van der Waals surface area contributed by atoms with Gasteiger partial charge in [0.1, 0.15) is 0 Å². The lowest BCUT2D eigenvalue weighted by Crippen LogP contribution is -2.47. The number of rotatable bonds is 1. The van der Waals surface area contributed by atoms with Crippen molar-refractivity contribution in [3.8, 4) is 0 Å². The molecule has 67 valence electrons. The second-order valence-electron chi connectivity index (χ2n) is 3.69. The number of piperidine rings is 1. The van der Waals surface area contributed by atoms with Gasteiger partial charge in [-0.1, -0.05) is 18.6 Å². The van der Waals surface area contributed by atoms with Gasteiger partial charge in [-0.05, 0) is 19.3 Å². The number of nitrogens with one attached hydrogen (secondary N) is 1. The quantitative estimate of drug-likeness (QED) is 0.578. The fraction of sp³-hybridized carbons (Fsp3) is 0.800. The van der Waals surface area contributed by atoms with Crippen molar-refractivity contribution in [3.63, 3.8) is 0 Å². The molecule has 0 aromatic rings. The first-order valence-electron chi connectivity index (χ1n) is 5.02. The Morgan fingerprint density at radius 3 is 2.92 bits per heavy atom. The molecular weight excluding hydrogens is 148 g/mol. The van der Waals surface area contributed by atoms with Crippen molar-refractivity contribution in [1.82, 2.24) is 10.6 Å². The van der Waals surface area contributed by atoms with E-state index >= 15 is 0 Å². The third-order valence-electron chi connectivity index (χ3n) is 2.79. The van der Waals surface area contributed by atoms with Crippen molar-refractivity contribution in [2.75, 3.05) is 13.1 Å². The van der Waals surface area contributed by atoms with E-state index in [1.807, 2.05) is 0 Å². The smallest absolute Gasteiger partial charge is 0.0402 e. The largest absolute Gasteiger partial charge is 0.309 e. The molecule has 2 aliphatic rings. The topological polar surface area (TPSA) is 26.1 Å². The van der Waals surface area contributed by atoms with Crippen molar-refractivity contribution < 1.29 is 0 Å². The number of hydrogen-bond acceptors (Lipinski definition) is 1. The zero-order chi connectivity index (χ0) is 8.23. The van der Waals surface area contributed by atoms with Crippen LogP contribution in [0.25, 0.3) is 0 Å². The molecule has 0 amide bonds. The zero-order valence-corrected chi connectivity index (χ0v) is 7.50. The number of nitrogens with zero attached hydrogens (tertiary/aromatic N) is 1. The Morgan fingerprint density at radius 2 is 2.25 bits per heavy atom. The van der Waals surface area contributed by atoms with Crippen molar-refractivity contribution in [2.24, 2.45) is 0 Å². The Hall–Kier alpha value is -0.340. The average molecular weight is 165 g/mol. The Labute approximate surface area is 74.4 Å². The monoisotopic (exact) mass is 165 g/mol. The molecule has 0 saturated carbocycles. The zero-order valence-electron chi connectivity index (χ0n) is 7.50. The summed E-state index contributed by atoms with van der Waals surface area (Å²) in [5, 5.41) is 8.16. The molecule has 1 N–H and O–H groups in total. The van der Waals surface area contributed by atoms with Crippen LogP contribution in [0.3, 0.4) is 0 Å². The van der Waals surface area contributed by atoms with Crippen molar-refractivity contribution in [2.45, 2.75) is 37.8 Å². The summed E-state index contributed by atoms with van der Waals surface area (Å²) in [6, 6.07) is 1.24. The molecule has 1 saturated heterocycles. The van der Waals surface area contributed by atoms with Gasteiger partial charge in [0.05, 0.1) is 0 Å². The van der Waals surface area contributed by atoms with Crippen LogP contribution in [0.1, 0.15) is 25.7 Å². The van der Waals surface area contributed by atoms with E-state index in [-0.39, 0.29) is 0 Å². The predicted octanol–water partition coefficient (Wildman–Crippen LogP) is 1.06. The summed E-state index contributed by atoms with van der Waals surface area (Å²) in [6.07, 6.45) is 9.64. The van der Waals surface area contributed by atoms with Crippen LogP contribution in [-0.2, 0) is 0 Å². The summed E-state index contributed by atoms with van der Waals surface area (Å²) in [5.41, 5.74) is 0. The lowest BCUT2D eigenvalue weighted by Gasteiger charge is -2.31. The molecule has 0 spiro atoms. The maximum Gasteiger partial charge on any atom is 0.0402 e. The summed E-state index contributed by atoms with van der Waals surface area (Å²) in [6.45, 7) is 2.13. The molecule has 0 aliphatic carbocycles. The van der Waals surface area contributed by atoms with Gasteiger partial charge in [0, 0.05) is 25.2 Å². The predicted molar refractivity (Wildman–Crippen MR) is 50.2 cm³/mol. The van der Waals surface area contributed by atoms with E-state index in [2.05, 4.69) is 22.8 Å². The standard InChI is InChI=1S/C10H17N2/c1-3-7-11-9(5-1)10-6-2-4-8-12-10/h1,3,9-11H,2,4-8H2. The highest BCUT2D eigenvalue weighted by Gasteiger charge is 2.23. The molecule has 1 radical (unpaired) electrons. The van der Waals surface area contributed by atoms with Crippen LogP contribution in [0.2, 0.25) is 0 Å². The van der Waals surface area contributed by atoms with Gasteiger partial charge in [0.15, 0.2) is 0 Å².